The van der Waals surface area contributed by atoms with Crippen LogP contribution in [0.1, 0.15) is 116 Å². The zero-order valence-electron chi connectivity index (χ0n) is 42.2. The summed E-state index contributed by atoms with van der Waals surface area (Å²) in [7, 11) is 0. The number of carbonyl (C=O) groups is 1. The fourth-order valence-electron chi connectivity index (χ4n) is 12.1. The van der Waals surface area contributed by atoms with Crippen molar-refractivity contribution in [2.75, 3.05) is 38.0 Å². The van der Waals surface area contributed by atoms with Crippen LogP contribution in [0.25, 0.3) is 44.2 Å². The van der Waals surface area contributed by atoms with E-state index in [2.05, 4.69) is 121 Å². The van der Waals surface area contributed by atoms with E-state index in [0.717, 1.165) is 118 Å². The summed E-state index contributed by atoms with van der Waals surface area (Å²) in [6.45, 7) is 7.63. The molecule has 13 heteroatoms. The fraction of sp³-hybridized carbons (Fsp3) is 0.467. The molecule has 4 aliphatic rings. The third-order valence-corrected chi connectivity index (χ3v) is 16.5. The molecule has 4 aromatic carbocycles. The topological polar surface area (TPSA) is 104 Å². The van der Waals surface area contributed by atoms with Gasteiger partial charge in [0.15, 0.2) is 0 Å². The van der Waals surface area contributed by atoms with Crippen LogP contribution in [0.4, 0.5) is 19.1 Å². The third kappa shape index (κ3) is 11.8. The molecule has 73 heavy (non-hydrogen) atoms. The van der Waals surface area contributed by atoms with Crippen LogP contribution in [-0.2, 0) is 25.9 Å². The highest BCUT2D eigenvalue weighted by Crippen LogP contribution is 2.38. The van der Waals surface area contributed by atoms with Crippen molar-refractivity contribution in [1.82, 2.24) is 34.1 Å². The molecule has 0 spiro atoms. The van der Waals surface area contributed by atoms with E-state index in [1.807, 2.05) is 12.1 Å². The van der Waals surface area contributed by atoms with E-state index in [4.69, 9.17) is 10.1 Å². The van der Waals surface area contributed by atoms with Crippen LogP contribution in [0.5, 0.6) is 0 Å². The van der Waals surface area contributed by atoms with Crippen LogP contribution in [0.15, 0.2) is 104 Å². The first-order valence-corrected chi connectivity index (χ1v) is 27.1. The van der Waals surface area contributed by atoms with Crippen molar-refractivity contribution in [2.24, 2.45) is 17.8 Å². The Bertz CT molecular complexity index is 3010. The van der Waals surface area contributed by atoms with Gasteiger partial charge in [-0.2, -0.15) is 23.3 Å². The number of amides is 1. The van der Waals surface area contributed by atoms with Gasteiger partial charge >= 0.3 is 6.18 Å². The lowest BCUT2D eigenvalue weighted by molar-refractivity contribution is -0.131. The first-order valence-electron chi connectivity index (χ1n) is 27.1. The number of hydrogen-bond donors (Lipinski definition) is 2. The van der Waals surface area contributed by atoms with E-state index >= 15 is 0 Å². The number of aromatic nitrogens is 5. The number of nitrogens with one attached hydrogen (secondary N) is 1. The molecule has 10 nitrogen and oxygen atoms in total. The SMILES string of the molecule is Cc1cc(CCCc2ccc(C(=O)N3CCC(C4CCN(Cc5ccc(-c6cn(C7CCC(O)CC7)c7nc(NCCC(F)(F)F)ncc67)cc5)CC4)CC3)cc2)ccc1-c1ccc2nn(CC3CC3)cc2c1. The maximum atomic E-state index is 13.7. The zero-order chi connectivity index (χ0) is 50.1. The van der Waals surface area contributed by atoms with Crippen molar-refractivity contribution in [3.05, 3.63) is 131 Å². The highest BCUT2D eigenvalue weighted by atomic mass is 19.4. The number of hydrogen-bond acceptors (Lipinski definition) is 7. The van der Waals surface area contributed by atoms with Crippen LogP contribution in [-0.4, -0.2) is 90.1 Å². The van der Waals surface area contributed by atoms with Gasteiger partial charge in [0.05, 0.1) is 18.0 Å². The number of nitrogens with zero attached hydrogens (tertiary/aromatic N) is 7. The maximum Gasteiger partial charge on any atom is 0.390 e. The molecule has 4 fully saturated rings. The summed E-state index contributed by atoms with van der Waals surface area (Å²) in [6.07, 6.45) is 13.7. The molecule has 2 aliphatic carbocycles. The van der Waals surface area contributed by atoms with Crippen molar-refractivity contribution < 1.29 is 23.1 Å². The highest BCUT2D eigenvalue weighted by Gasteiger charge is 2.32. The number of aryl methyl sites for hydroxylation is 3. The Balaban J connectivity index is 0.622. The summed E-state index contributed by atoms with van der Waals surface area (Å²) >= 11 is 0. The molecule has 0 bridgehead atoms. The Morgan fingerprint density at radius 3 is 2.14 bits per heavy atom. The smallest absolute Gasteiger partial charge is 0.390 e. The van der Waals surface area contributed by atoms with Gasteiger partial charge in [-0.3, -0.25) is 14.4 Å². The molecule has 0 radical (unpaired) electrons. The van der Waals surface area contributed by atoms with Gasteiger partial charge in [-0.25, -0.2) is 4.98 Å². The van der Waals surface area contributed by atoms with Crippen LogP contribution in [0.3, 0.4) is 0 Å². The van der Waals surface area contributed by atoms with Gasteiger partial charge in [-0.1, -0.05) is 60.7 Å². The van der Waals surface area contributed by atoms with E-state index in [1.54, 1.807) is 6.20 Å². The van der Waals surface area contributed by atoms with Crippen LogP contribution in [0.2, 0.25) is 0 Å². The number of benzene rings is 4. The third-order valence-electron chi connectivity index (χ3n) is 16.5. The monoisotopic (exact) mass is 991 g/mol. The van der Waals surface area contributed by atoms with Crippen molar-refractivity contribution in [3.63, 3.8) is 0 Å². The lowest BCUT2D eigenvalue weighted by Crippen LogP contribution is -2.42. The average Bonchev–Trinajstić information content (AvgIpc) is 4.00. The number of anilines is 1. The van der Waals surface area contributed by atoms with E-state index in [9.17, 15) is 23.1 Å². The van der Waals surface area contributed by atoms with Gasteiger partial charge in [-0.05, 0) is 184 Å². The molecule has 382 valence electrons. The lowest BCUT2D eigenvalue weighted by atomic mass is 9.78. The molecule has 2 saturated carbocycles. The predicted molar refractivity (Wildman–Crippen MR) is 283 cm³/mol. The molecule has 2 N–H and O–H groups in total. The number of aliphatic hydroxyl groups excluding tert-OH is 1. The normalized spacial score (nSPS) is 19.5. The van der Waals surface area contributed by atoms with Crippen LogP contribution < -0.4 is 5.32 Å². The van der Waals surface area contributed by atoms with Crippen molar-refractivity contribution >= 4 is 33.8 Å². The Labute approximate surface area is 427 Å². The van der Waals surface area contributed by atoms with Crippen LogP contribution >= 0.6 is 0 Å². The molecule has 5 heterocycles. The van der Waals surface area contributed by atoms with E-state index in [-0.39, 0.29) is 30.5 Å². The molecule has 7 aromatic rings. The summed E-state index contributed by atoms with van der Waals surface area (Å²) in [5.74, 6) is 2.48. The molecule has 2 saturated heterocycles. The van der Waals surface area contributed by atoms with Gasteiger partial charge in [-0.15, -0.1) is 0 Å². The second-order valence-electron chi connectivity index (χ2n) is 21.8. The Morgan fingerprint density at radius 1 is 0.740 bits per heavy atom. The summed E-state index contributed by atoms with van der Waals surface area (Å²) in [6, 6.07) is 30.7. The summed E-state index contributed by atoms with van der Waals surface area (Å²) in [4.78, 5) is 27.4. The number of alkyl halides is 3. The minimum atomic E-state index is -4.26. The van der Waals surface area contributed by atoms with Crippen molar-refractivity contribution in [1.29, 1.82) is 0 Å². The molecule has 0 unspecified atom stereocenters. The number of piperidine rings is 2. The summed E-state index contributed by atoms with van der Waals surface area (Å²) in [5, 5.41) is 19.8. The maximum absolute atomic E-state index is 13.7. The van der Waals surface area contributed by atoms with Crippen LogP contribution in [0, 0.1) is 24.7 Å². The quantitative estimate of drug-likeness (QED) is 0.0994. The Kier molecular flexibility index (Phi) is 14.4. The molecule has 2 aliphatic heterocycles. The zero-order valence-corrected chi connectivity index (χ0v) is 42.2. The van der Waals surface area contributed by atoms with E-state index in [1.165, 1.54) is 64.5 Å². The van der Waals surface area contributed by atoms with Crippen molar-refractivity contribution in [2.45, 2.75) is 128 Å². The van der Waals surface area contributed by atoms with E-state index < -0.39 is 12.6 Å². The molecule has 1 amide bonds. The first kappa shape index (κ1) is 49.2. The van der Waals surface area contributed by atoms with Gasteiger partial charge in [0, 0.05) is 79.3 Å². The number of aliphatic hydroxyl groups is 1. The number of rotatable bonds is 16. The number of halogens is 3. The number of fused-ring (bicyclic) bond motifs is 2. The standard InChI is InChI=1S/C60H69F3N8O2/c1-40-33-42(11-21-53(40)49-16-22-56-50(34-49)38-70(67-56)37-44-5-6-44)4-2-3-41-7-14-48(15-8-41)58(73)69-31-25-46(26-32-69)45-23-29-68(30-24-45)36-43-9-12-47(13-10-43)55-39-71(51-17-19-52(72)20-18-51)57-54(55)35-65-59(66-57)64-28-27-60(61,62)63/h7-16,21-22,33-35,38-39,44-46,51-52,72H,2-6,17-20,23-32,36-37H2,1H3,(H,64,65,66). The molecule has 3 aromatic heterocycles. The largest absolute Gasteiger partial charge is 0.393 e. The molecule has 0 atom stereocenters. The summed E-state index contributed by atoms with van der Waals surface area (Å²) in [5.41, 5.74) is 12.3. The molecular weight excluding hydrogens is 922 g/mol. The van der Waals surface area contributed by atoms with Gasteiger partial charge in [0.2, 0.25) is 5.95 Å². The average molecular weight is 991 g/mol. The molecule has 11 rings (SSSR count). The Morgan fingerprint density at radius 2 is 1.42 bits per heavy atom. The van der Waals surface area contributed by atoms with E-state index in [0.29, 0.717) is 30.3 Å². The van der Waals surface area contributed by atoms with Crippen molar-refractivity contribution in [3.8, 4) is 22.3 Å². The molecular formula is C60H69F3N8O2. The minimum Gasteiger partial charge on any atom is -0.393 e. The Hall–Kier alpha value is -6.05. The highest BCUT2D eigenvalue weighted by molar-refractivity contribution is 5.95. The predicted octanol–water partition coefficient (Wildman–Crippen LogP) is 12.6. The van der Waals surface area contributed by atoms with Gasteiger partial charge in [0.25, 0.3) is 5.91 Å². The summed E-state index contributed by atoms with van der Waals surface area (Å²) < 4.78 is 42.8. The second kappa shape index (κ2) is 21.4. The number of carbonyl (C=O) groups excluding carboxylic acids is 1. The second-order valence-corrected chi connectivity index (χ2v) is 21.8. The minimum absolute atomic E-state index is 0.141. The fourth-order valence-corrected chi connectivity index (χ4v) is 12.1. The first-order chi connectivity index (χ1) is 35.4. The van der Waals surface area contributed by atoms with Gasteiger partial charge < -0.3 is 19.9 Å². The lowest BCUT2D eigenvalue weighted by Gasteiger charge is -2.40. The number of likely N-dealkylation sites (tertiary alicyclic amines) is 2. The van der Waals surface area contributed by atoms with Gasteiger partial charge in [0.1, 0.15) is 5.65 Å².